The summed E-state index contributed by atoms with van der Waals surface area (Å²) in [4.78, 5) is 6.74. The molecule has 24 heavy (non-hydrogen) atoms. The predicted molar refractivity (Wildman–Crippen MR) is 98.1 cm³/mol. The summed E-state index contributed by atoms with van der Waals surface area (Å²) in [5.41, 5.74) is 4.43. The molecule has 2 aromatic carbocycles. The summed E-state index contributed by atoms with van der Waals surface area (Å²) in [6.07, 6.45) is 1.69. The van der Waals surface area contributed by atoms with E-state index in [2.05, 4.69) is 63.5 Å². The summed E-state index contributed by atoms with van der Waals surface area (Å²) in [7, 11) is 0. The highest BCUT2D eigenvalue weighted by Crippen LogP contribution is 2.25. The summed E-state index contributed by atoms with van der Waals surface area (Å²) in [6, 6.07) is 16.4. The monoisotopic (exact) mass is 319 g/mol. The minimum Gasteiger partial charge on any atom is -0.325 e. The first-order valence-corrected chi connectivity index (χ1v) is 8.04. The minimum atomic E-state index is 0.493. The highest BCUT2D eigenvalue weighted by atomic mass is 15.3. The second kappa shape index (κ2) is 7.08. The lowest BCUT2D eigenvalue weighted by molar-refractivity contribution is 0.921. The van der Waals surface area contributed by atoms with Crippen LogP contribution in [0, 0.1) is 13.8 Å². The molecular formula is C19H21N5. The van der Waals surface area contributed by atoms with Gasteiger partial charge >= 0.3 is 0 Å². The van der Waals surface area contributed by atoms with Crippen LogP contribution in [-0.4, -0.2) is 21.7 Å². The second-order valence-electron chi connectivity index (χ2n) is 5.66. The van der Waals surface area contributed by atoms with Gasteiger partial charge in [-0.1, -0.05) is 30.3 Å². The van der Waals surface area contributed by atoms with Gasteiger partial charge in [0.1, 0.15) is 0 Å². The van der Waals surface area contributed by atoms with Gasteiger partial charge in [0.15, 0.2) is 5.82 Å². The molecule has 0 amide bonds. The van der Waals surface area contributed by atoms with Gasteiger partial charge in [0.05, 0.1) is 6.20 Å². The Bertz CT molecular complexity index is 831. The summed E-state index contributed by atoms with van der Waals surface area (Å²) in [5.74, 6) is 1.27. The zero-order valence-corrected chi connectivity index (χ0v) is 14.2. The number of para-hydroxylation sites is 1. The van der Waals surface area contributed by atoms with Crippen LogP contribution in [0.1, 0.15) is 18.1 Å². The molecule has 0 saturated heterocycles. The number of nitrogens with one attached hydrogen (secondary N) is 1. The number of hydrogen-bond donors (Lipinski definition) is 1. The zero-order valence-electron chi connectivity index (χ0n) is 14.2. The van der Waals surface area contributed by atoms with Crippen LogP contribution in [0.3, 0.4) is 0 Å². The summed E-state index contributed by atoms with van der Waals surface area (Å²) < 4.78 is 0. The molecule has 5 nitrogen and oxygen atoms in total. The van der Waals surface area contributed by atoms with Crippen LogP contribution in [0.4, 0.5) is 23.1 Å². The normalized spacial score (nSPS) is 10.5. The molecule has 1 N–H and O–H groups in total. The first-order chi connectivity index (χ1) is 11.7. The van der Waals surface area contributed by atoms with Crippen molar-refractivity contribution in [2.45, 2.75) is 20.8 Å². The Kier molecular flexibility index (Phi) is 4.70. The zero-order chi connectivity index (χ0) is 16.9. The molecule has 0 spiro atoms. The van der Waals surface area contributed by atoms with E-state index in [-0.39, 0.29) is 0 Å². The van der Waals surface area contributed by atoms with Gasteiger partial charge < -0.3 is 10.2 Å². The number of hydrogen-bond acceptors (Lipinski definition) is 5. The lowest BCUT2D eigenvalue weighted by Crippen LogP contribution is -2.18. The van der Waals surface area contributed by atoms with Gasteiger partial charge in [-0.05, 0) is 50.1 Å². The molecule has 0 atom stereocenters. The highest BCUT2D eigenvalue weighted by molar-refractivity contribution is 5.63. The summed E-state index contributed by atoms with van der Waals surface area (Å²) in [5, 5.41) is 11.5. The van der Waals surface area contributed by atoms with Crippen LogP contribution >= 0.6 is 0 Å². The van der Waals surface area contributed by atoms with E-state index < -0.39 is 0 Å². The molecule has 122 valence electrons. The van der Waals surface area contributed by atoms with E-state index in [0.717, 1.165) is 29.3 Å². The number of rotatable bonds is 5. The number of benzene rings is 2. The van der Waals surface area contributed by atoms with Gasteiger partial charge in [0.2, 0.25) is 5.95 Å². The summed E-state index contributed by atoms with van der Waals surface area (Å²) >= 11 is 0. The molecule has 0 aliphatic heterocycles. The Balaban J connectivity index is 1.90. The summed E-state index contributed by atoms with van der Waals surface area (Å²) in [6.45, 7) is 7.02. The molecule has 0 unspecified atom stereocenters. The Morgan fingerprint density at radius 3 is 2.62 bits per heavy atom. The van der Waals surface area contributed by atoms with Gasteiger partial charge in [-0.15, -0.1) is 5.10 Å². The first kappa shape index (κ1) is 15.9. The average molecular weight is 319 g/mol. The van der Waals surface area contributed by atoms with Gasteiger partial charge in [0.25, 0.3) is 0 Å². The van der Waals surface area contributed by atoms with Gasteiger partial charge in [0, 0.05) is 17.9 Å². The third-order valence-electron chi connectivity index (χ3n) is 3.84. The molecule has 0 radical (unpaired) electrons. The Morgan fingerprint density at radius 2 is 1.88 bits per heavy atom. The smallest absolute Gasteiger partial charge is 0.249 e. The maximum atomic E-state index is 4.63. The minimum absolute atomic E-state index is 0.493. The van der Waals surface area contributed by atoms with Crippen LogP contribution in [0.25, 0.3) is 0 Å². The van der Waals surface area contributed by atoms with Crippen molar-refractivity contribution in [3.63, 3.8) is 0 Å². The van der Waals surface area contributed by atoms with E-state index in [1.807, 2.05) is 31.2 Å². The van der Waals surface area contributed by atoms with Gasteiger partial charge in [-0.3, -0.25) is 0 Å². The maximum Gasteiger partial charge on any atom is 0.249 e. The van der Waals surface area contributed by atoms with E-state index in [0.29, 0.717) is 5.95 Å². The fourth-order valence-electron chi connectivity index (χ4n) is 2.58. The largest absolute Gasteiger partial charge is 0.325 e. The molecule has 1 heterocycles. The Hall–Kier alpha value is -2.95. The van der Waals surface area contributed by atoms with Crippen molar-refractivity contribution in [2.75, 3.05) is 16.8 Å². The SMILES string of the molecule is CCN(c1cccc(C)c1)c1cnnc(Nc2ccccc2C)n1. The second-order valence-corrected chi connectivity index (χ2v) is 5.66. The number of anilines is 4. The van der Waals surface area contributed by atoms with E-state index in [1.54, 1.807) is 6.20 Å². The van der Waals surface area contributed by atoms with E-state index >= 15 is 0 Å². The van der Waals surface area contributed by atoms with E-state index in [4.69, 9.17) is 0 Å². The average Bonchev–Trinajstić information content (AvgIpc) is 2.58. The molecule has 0 aliphatic carbocycles. The molecule has 3 rings (SSSR count). The third-order valence-corrected chi connectivity index (χ3v) is 3.84. The molecule has 1 aromatic heterocycles. The van der Waals surface area contributed by atoms with Crippen molar-refractivity contribution in [3.05, 3.63) is 65.9 Å². The van der Waals surface area contributed by atoms with Crippen molar-refractivity contribution in [2.24, 2.45) is 0 Å². The van der Waals surface area contributed by atoms with Gasteiger partial charge in [-0.25, -0.2) is 0 Å². The van der Waals surface area contributed by atoms with Crippen molar-refractivity contribution < 1.29 is 0 Å². The van der Waals surface area contributed by atoms with Crippen LogP contribution in [0.15, 0.2) is 54.7 Å². The highest BCUT2D eigenvalue weighted by Gasteiger charge is 2.11. The van der Waals surface area contributed by atoms with Crippen LogP contribution < -0.4 is 10.2 Å². The molecule has 0 saturated carbocycles. The number of nitrogens with zero attached hydrogens (tertiary/aromatic N) is 4. The van der Waals surface area contributed by atoms with Crippen LogP contribution in [0.2, 0.25) is 0 Å². The molecular weight excluding hydrogens is 298 g/mol. The van der Waals surface area contributed by atoms with Crippen LogP contribution in [-0.2, 0) is 0 Å². The Labute approximate surface area is 142 Å². The van der Waals surface area contributed by atoms with Crippen molar-refractivity contribution in [1.82, 2.24) is 15.2 Å². The lowest BCUT2D eigenvalue weighted by Gasteiger charge is -2.22. The van der Waals surface area contributed by atoms with Crippen molar-refractivity contribution in [3.8, 4) is 0 Å². The topological polar surface area (TPSA) is 53.9 Å². The number of aromatic nitrogens is 3. The van der Waals surface area contributed by atoms with Crippen molar-refractivity contribution in [1.29, 1.82) is 0 Å². The third kappa shape index (κ3) is 3.51. The molecule has 0 bridgehead atoms. The predicted octanol–water partition coefficient (Wildman–Crippen LogP) is 4.39. The molecule has 3 aromatic rings. The Morgan fingerprint density at radius 1 is 1.04 bits per heavy atom. The van der Waals surface area contributed by atoms with Gasteiger partial charge in [-0.2, -0.15) is 10.1 Å². The maximum absolute atomic E-state index is 4.63. The molecule has 0 fully saturated rings. The number of aryl methyl sites for hydroxylation is 2. The quantitative estimate of drug-likeness (QED) is 0.756. The fraction of sp³-hybridized carbons (Fsp3) is 0.211. The molecule has 5 heteroatoms. The van der Waals surface area contributed by atoms with Crippen LogP contribution in [0.5, 0.6) is 0 Å². The van der Waals surface area contributed by atoms with Crippen molar-refractivity contribution >= 4 is 23.1 Å². The fourth-order valence-corrected chi connectivity index (χ4v) is 2.58. The molecule has 0 aliphatic rings. The standard InChI is InChI=1S/C19H21N5/c1-4-24(16-10-7-8-14(2)12-16)18-13-20-23-19(22-18)21-17-11-6-5-9-15(17)3/h5-13H,4H2,1-3H3,(H,21,22,23). The lowest BCUT2D eigenvalue weighted by atomic mass is 10.2. The van der Waals surface area contributed by atoms with E-state index in [1.165, 1.54) is 5.56 Å². The first-order valence-electron chi connectivity index (χ1n) is 8.04. The van der Waals surface area contributed by atoms with E-state index in [9.17, 15) is 0 Å².